The summed E-state index contributed by atoms with van der Waals surface area (Å²) in [6.45, 7) is 6.75. The Balaban J connectivity index is 1.40. The number of amides is 1. The number of nitrogens with one attached hydrogen (secondary N) is 2. The number of aromatic nitrogens is 3. The zero-order valence-electron chi connectivity index (χ0n) is 15.6. The molecule has 3 heterocycles. The van der Waals surface area contributed by atoms with Crippen molar-refractivity contribution in [1.82, 2.24) is 9.78 Å². The van der Waals surface area contributed by atoms with Gasteiger partial charge in [0, 0.05) is 18.5 Å². The summed E-state index contributed by atoms with van der Waals surface area (Å²) < 4.78 is 2.67. The molecule has 0 bridgehead atoms. The predicted octanol–water partition coefficient (Wildman–Crippen LogP) is 0.756. The molecule has 2 aromatic heterocycles. The smallest absolute Gasteiger partial charge is 0.274 e. The predicted molar refractivity (Wildman–Crippen MR) is 108 cm³/mol. The van der Waals surface area contributed by atoms with Gasteiger partial charge >= 0.3 is 0 Å². The van der Waals surface area contributed by atoms with E-state index in [0.29, 0.717) is 12.5 Å². The minimum absolute atomic E-state index is 0.147. The molecule has 0 atom stereocenters. The normalized spacial score (nSPS) is 17.9. The maximum absolute atomic E-state index is 12.3. The van der Waals surface area contributed by atoms with Gasteiger partial charge in [-0.1, -0.05) is 24.3 Å². The van der Waals surface area contributed by atoms with Gasteiger partial charge in [0.05, 0.1) is 6.20 Å². The third-order valence-electron chi connectivity index (χ3n) is 5.16. The Kier molecular flexibility index (Phi) is 5.51. The highest BCUT2D eigenvalue weighted by atomic mass is 32.1. The van der Waals surface area contributed by atoms with Crippen LogP contribution in [0.3, 0.4) is 0 Å². The number of piperazine rings is 1. The number of carbonyl (C=O) groups is 1. The van der Waals surface area contributed by atoms with E-state index in [1.54, 1.807) is 0 Å². The second-order valence-corrected chi connectivity index (χ2v) is 8.74. The molecule has 0 spiro atoms. The molecule has 0 aromatic carbocycles. The molecule has 1 aliphatic heterocycles. The number of aromatic amines is 1. The quantitative estimate of drug-likeness (QED) is 0.720. The van der Waals surface area contributed by atoms with Gasteiger partial charge in [0.2, 0.25) is 11.0 Å². The van der Waals surface area contributed by atoms with Gasteiger partial charge in [-0.05, 0) is 31.1 Å². The Labute approximate surface area is 168 Å². The van der Waals surface area contributed by atoms with Gasteiger partial charge in [-0.3, -0.25) is 14.6 Å². The Hall–Kier alpha value is -1.84. The third kappa shape index (κ3) is 4.20. The molecule has 2 aliphatic rings. The Morgan fingerprint density at radius 3 is 2.81 bits per heavy atom. The van der Waals surface area contributed by atoms with E-state index in [1.165, 1.54) is 22.1 Å². The maximum Gasteiger partial charge on any atom is 0.274 e. The lowest BCUT2D eigenvalue weighted by Gasteiger charge is -2.28. The average molecular weight is 407 g/mol. The van der Waals surface area contributed by atoms with Gasteiger partial charge in [0.25, 0.3) is 5.82 Å². The topological polar surface area (TPSA) is 60.0 Å². The van der Waals surface area contributed by atoms with Gasteiger partial charge < -0.3 is 4.90 Å². The summed E-state index contributed by atoms with van der Waals surface area (Å²) in [7, 11) is 0. The van der Waals surface area contributed by atoms with Gasteiger partial charge in [-0.25, -0.2) is 4.98 Å². The van der Waals surface area contributed by atoms with E-state index in [9.17, 15) is 4.79 Å². The van der Waals surface area contributed by atoms with Crippen molar-refractivity contribution in [2.24, 2.45) is 0 Å². The molecule has 144 valence electrons. The SMILES string of the molecule is CCC(=O)N(c1nn(C[NH+]2CCN(c3cccc[nH+]3)CC2)c(=S)s1)C1CC1. The van der Waals surface area contributed by atoms with Crippen LogP contribution in [0.2, 0.25) is 0 Å². The molecule has 1 saturated heterocycles. The highest BCUT2D eigenvalue weighted by molar-refractivity contribution is 7.73. The first-order chi connectivity index (χ1) is 13.2. The van der Waals surface area contributed by atoms with Crippen molar-refractivity contribution < 1.29 is 14.7 Å². The first kappa shape index (κ1) is 18.5. The van der Waals surface area contributed by atoms with Gasteiger partial charge in [0.1, 0.15) is 26.2 Å². The highest BCUT2D eigenvalue weighted by Crippen LogP contribution is 2.33. The zero-order valence-corrected chi connectivity index (χ0v) is 17.2. The van der Waals surface area contributed by atoms with Crippen LogP contribution in [0, 0.1) is 3.95 Å². The molecule has 0 unspecified atom stereocenters. The monoisotopic (exact) mass is 406 g/mol. The number of hydrogen-bond acceptors (Lipinski definition) is 5. The first-order valence-corrected chi connectivity index (χ1v) is 10.8. The van der Waals surface area contributed by atoms with E-state index in [-0.39, 0.29) is 5.91 Å². The number of carbonyl (C=O) groups excluding carboxylic acids is 1. The fourth-order valence-electron chi connectivity index (χ4n) is 3.48. The number of H-pyrrole nitrogens is 1. The van der Waals surface area contributed by atoms with E-state index in [4.69, 9.17) is 17.3 Å². The van der Waals surface area contributed by atoms with Crippen molar-refractivity contribution in [3.05, 3.63) is 28.4 Å². The van der Waals surface area contributed by atoms with Crippen LogP contribution in [0.4, 0.5) is 10.9 Å². The lowest BCUT2D eigenvalue weighted by Crippen LogP contribution is -3.14. The summed E-state index contributed by atoms with van der Waals surface area (Å²) >= 11 is 7.01. The van der Waals surface area contributed by atoms with E-state index in [0.717, 1.165) is 54.8 Å². The van der Waals surface area contributed by atoms with E-state index in [2.05, 4.69) is 22.0 Å². The average Bonchev–Trinajstić information content (AvgIpc) is 3.47. The number of rotatable bonds is 6. The molecule has 27 heavy (non-hydrogen) atoms. The molecule has 9 heteroatoms. The first-order valence-electron chi connectivity index (χ1n) is 9.61. The molecule has 7 nitrogen and oxygen atoms in total. The molecule has 1 aliphatic carbocycles. The Morgan fingerprint density at radius 2 is 2.19 bits per heavy atom. The minimum Gasteiger partial charge on any atom is -0.310 e. The lowest BCUT2D eigenvalue weighted by molar-refractivity contribution is -0.924. The fourth-order valence-corrected chi connectivity index (χ4v) is 4.66. The van der Waals surface area contributed by atoms with Crippen molar-refractivity contribution in [3.63, 3.8) is 0 Å². The van der Waals surface area contributed by atoms with E-state index >= 15 is 0 Å². The number of nitrogens with zero attached hydrogens (tertiary/aromatic N) is 4. The van der Waals surface area contributed by atoms with E-state index in [1.807, 2.05) is 28.8 Å². The number of quaternary nitrogens is 1. The summed E-state index contributed by atoms with van der Waals surface area (Å²) in [6, 6.07) is 6.50. The Morgan fingerprint density at radius 1 is 1.41 bits per heavy atom. The maximum atomic E-state index is 12.3. The summed E-state index contributed by atoms with van der Waals surface area (Å²) in [4.78, 5) is 21.3. The van der Waals surface area contributed by atoms with Crippen LogP contribution in [-0.4, -0.2) is 47.9 Å². The van der Waals surface area contributed by atoms with Crippen molar-refractivity contribution >= 4 is 40.4 Å². The fraction of sp³-hybridized carbons (Fsp3) is 0.556. The Bertz CT molecular complexity index is 839. The zero-order chi connectivity index (χ0) is 18.8. The summed E-state index contributed by atoms with van der Waals surface area (Å²) in [6.07, 6.45) is 4.62. The van der Waals surface area contributed by atoms with Crippen LogP contribution in [0.1, 0.15) is 26.2 Å². The standard InChI is InChI=1S/C18H24N6OS2/c1-2-16(25)24(14-6-7-14)17-20-23(18(26)27-17)13-21-9-11-22(12-10-21)15-5-3-4-8-19-15/h3-5,8,14H,2,6-7,9-13H2,1H3/p+2. The molecule has 1 amide bonds. The van der Waals surface area contributed by atoms with Crippen LogP contribution >= 0.6 is 23.6 Å². The molecule has 1 saturated carbocycles. The second kappa shape index (κ2) is 8.04. The largest absolute Gasteiger partial charge is 0.310 e. The summed E-state index contributed by atoms with van der Waals surface area (Å²) in [5, 5.41) is 5.48. The molecule has 4 rings (SSSR count). The molecular weight excluding hydrogens is 380 g/mol. The van der Waals surface area contributed by atoms with Crippen molar-refractivity contribution in [2.45, 2.75) is 38.9 Å². The van der Waals surface area contributed by atoms with Crippen molar-refractivity contribution in [1.29, 1.82) is 0 Å². The third-order valence-corrected chi connectivity index (χ3v) is 6.47. The number of pyridine rings is 1. The molecular formula is C18H26N6OS2+2. The number of anilines is 2. The number of hydrogen-bond donors (Lipinski definition) is 1. The second-order valence-electron chi connectivity index (χ2n) is 7.14. The van der Waals surface area contributed by atoms with Gasteiger partial charge in [-0.15, -0.1) is 5.10 Å². The van der Waals surface area contributed by atoms with Crippen LogP contribution in [0.25, 0.3) is 0 Å². The van der Waals surface area contributed by atoms with Gasteiger partial charge in [0.15, 0.2) is 10.6 Å². The summed E-state index contributed by atoms with van der Waals surface area (Å²) in [5.74, 6) is 1.32. The minimum atomic E-state index is 0.147. The van der Waals surface area contributed by atoms with Crippen molar-refractivity contribution in [2.75, 3.05) is 36.0 Å². The van der Waals surface area contributed by atoms with Crippen LogP contribution in [0.5, 0.6) is 0 Å². The molecule has 2 aromatic rings. The van der Waals surface area contributed by atoms with Crippen molar-refractivity contribution in [3.8, 4) is 0 Å². The van der Waals surface area contributed by atoms with Crippen LogP contribution in [-0.2, 0) is 11.5 Å². The molecule has 0 radical (unpaired) electrons. The van der Waals surface area contributed by atoms with E-state index < -0.39 is 0 Å². The van der Waals surface area contributed by atoms with Gasteiger partial charge in [-0.2, -0.15) is 4.68 Å². The van der Waals surface area contributed by atoms with Crippen LogP contribution < -0.4 is 19.7 Å². The highest BCUT2D eigenvalue weighted by Gasteiger charge is 2.35. The lowest BCUT2D eigenvalue weighted by atomic mass is 10.3. The molecule has 2 fully saturated rings. The molecule has 2 N–H and O–H groups in total. The summed E-state index contributed by atoms with van der Waals surface area (Å²) in [5.41, 5.74) is 0. The van der Waals surface area contributed by atoms with Crippen LogP contribution in [0.15, 0.2) is 24.4 Å².